The van der Waals surface area contributed by atoms with E-state index in [2.05, 4.69) is 5.10 Å². The molecule has 10 nitrogen and oxygen atoms in total. The third kappa shape index (κ3) is 5.30. The van der Waals surface area contributed by atoms with E-state index in [1.54, 1.807) is 53.6 Å². The van der Waals surface area contributed by atoms with Crippen molar-refractivity contribution < 1.29 is 28.2 Å². The summed E-state index contributed by atoms with van der Waals surface area (Å²) in [6.07, 6.45) is 1.16. The van der Waals surface area contributed by atoms with Gasteiger partial charge in [-0.25, -0.2) is 14.2 Å². The van der Waals surface area contributed by atoms with Crippen LogP contribution in [-0.2, 0) is 4.74 Å². The predicted molar refractivity (Wildman–Crippen MR) is 151 cm³/mol. The number of nitrogens with zero attached hydrogens (tertiary/aromatic N) is 5. The summed E-state index contributed by atoms with van der Waals surface area (Å²) in [7, 11) is 1.43. The second-order valence-electron chi connectivity index (χ2n) is 11.3. The molecule has 0 spiro atoms. The van der Waals surface area contributed by atoms with E-state index in [1.165, 1.54) is 19.2 Å². The van der Waals surface area contributed by atoms with Gasteiger partial charge in [0.25, 0.3) is 5.91 Å². The van der Waals surface area contributed by atoms with Crippen molar-refractivity contribution in [3.63, 3.8) is 0 Å². The average molecular weight is 586 g/mol. The zero-order valence-corrected chi connectivity index (χ0v) is 24.7. The number of halogens is 2. The number of aromatic nitrogens is 3. The molecule has 1 aromatic carbocycles. The highest BCUT2D eigenvalue weighted by molar-refractivity contribution is 6.35. The van der Waals surface area contributed by atoms with Crippen LogP contribution in [0.5, 0.6) is 11.5 Å². The molecule has 0 aliphatic carbocycles. The van der Waals surface area contributed by atoms with Gasteiger partial charge in [-0.05, 0) is 52.8 Å². The quantitative estimate of drug-likeness (QED) is 0.401. The SMILES string of the molecule is COc1cccc(F)c1-c1nc(-c2ccnn2C(C)C)c2c(c1Cl)OC[C@H]1CN(C(=O)OC(C)(C)C)CCN1C2=O. The number of amides is 2. The highest BCUT2D eigenvalue weighted by Gasteiger charge is 2.41. The zero-order chi connectivity index (χ0) is 29.6. The molecule has 2 aliphatic rings. The molecule has 218 valence electrons. The molecule has 2 aromatic heterocycles. The third-order valence-electron chi connectivity index (χ3n) is 6.96. The Morgan fingerprint density at radius 2 is 1.93 bits per heavy atom. The number of piperazine rings is 1. The van der Waals surface area contributed by atoms with Gasteiger partial charge in [-0.3, -0.25) is 9.48 Å². The zero-order valence-electron chi connectivity index (χ0n) is 23.9. The Labute approximate surface area is 242 Å². The first-order valence-corrected chi connectivity index (χ1v) is 13.8. The van der Waals surface area contributed by atoms with E-state index in [4.69, 9.17) is 30.8 Å². The molecule has 2 amide bonds. The topological polar surface area (TPSA) is 99.0 Å². The summed E-state index contributed by atoms with van der Waals surface area (Å²) in [4.78, 5) is 35.1. The summed E-state index contributed by atoms with van der Waals surface area (Å²) in [6.45, 7) is 10.1. The number of hydrogen-bond donors (Lipinski definition) is 0. The van der Waals surface area contributed by atoms with Crippen molar-refractivity contribution in [3.05, 3.63) is 46.9 Å². The molecule has 0 saturated carbocycles. The minimum atomic E-state index is -0.655. The van der Waals surface area contributed by atoms with E-state index in [-0.39, 0.29) is 77.2 Å². The third-order valence-corrected chi connectivity index (χ3v) is 7.31. The lowest BCUT2D eigenvalue weighted by Crippen LogP contribution is -2.58. The van der Waals surface area contributed by atoms with Crippen LogP contribution in [0.25, 0.3) is 22.6 Å². The van der Waals surface area contributed by atoms with E-state index in [0.29, 0.717) is 5.69 Å². The summed E-state index contributed by atoms with van der Waals surface area (Å²) in [5, 5.41) is 4.41. The van der Waals surface area contributed by atoms with Crippen LogP contribution >= 0.6 is 11.6 Å². The second kappa shape index (κ2) is 10.8. The number of ether oxygens (including phenoxy) is 3. The first kappa shape index (κ1) is 28.7. The molecular weight excluding hydrogens is 553 g/mol. The molecule has 0 N–H and O–H groups in total. The maximum atomic E-state index is 15.3. The fourth-order valence-electron chi connectivity index (χ4n) is 5.12. The number of rotatable bonds is 4. The van der Waals surface area contributed by atoms with Crippen LogP contribution in [0.3, 0.4) is 0 Å². The van der Waals surface area contributed by atoms with E-state index >= 15 is 4.39 Å². The molecular formula is C29H33ClFN5O5. The Morgan fingerprint density at radius 3 is 2.61 bits per heavy atom. The van der Waals surface area contributed by atoms with Crippen molar-refractivity contribution in [1.82, 2.24) is 24.6 Å². The normalized spacial score (nSPS) is 17.1. The largest absolute Gasteiger partial charge is 0.496 e. The van der Waals surface area contributed by atoms with Gasteiger partial charge in [0, 0.05) is 31.9 Å². The molecule has 1 saturated heterocycles. The lowest BCUT2D eigenvalue weighted by atomic mass is 10.0. The van der Waals surface area contributed by atoms with Gasteiger partial charge in [-0.1, -0.05) is 17.7 Å². The fraction of sp³-hybridized carbons (Fsp3) is 0.448. The van der Waals surface area contributed by atoms with Crippen LogP contribution in [-0.4, -0.2) is 81.6 Å². The van der Waals surface area contributed by atoms with Gasteiger partial charge in [0.05, 0.1) is 24.4 Å². The monoisotopic (exact) mass is 585 g/mol. The van der Waals surface area contributed by atoms with Gasteiger partial charge in [0.2, 0.25) is 0 Å². The Bertz CT molecular complexity index is 1500. The molecule has 1 atom stereocenters. The molecule has 0 unspecified atom stereocenters. The van der Waals surface area contributed by atoms with Gasteiger partial charge in [-0.2, -0.15) is 5.10 Å². The van der Waals surface area contributed by atoms with E-state index in [9.17, 15) is 9.59 Å². The molecule has 5 rings (SSSR count). The first-order valence-electron chi connectivity index (χ1n) is 13.4. The van der Waals surface area contributed by atoms with Crippen molar-refractivity contribution in [2.24, 2.45) is 0 Å². The summed E-state index contributed by atoms with van der Waals surface area (Å²) in [5.41, 5.74) is 0.439. The molecule has 0 bridgehead atoms. The lowest BCUT2D eigenvalue weighted by Gasteiger charge is -2.40. The second-order valence-corrected chi connectivity index (χ2v) is 11.7. The maximum absolute atomic E-state index is 15.3. The Morgan fingerprint density at radius 1 is 1.17 bits per heavy atom. The maximum Gasteiger partial charge on any atom is 0.410 e. The Hall–Kier alpha value is -3.86. The number of carbonyl (C=O) groups is 2. The van der Waals surface area contributed by atoms with Gasteiger partial charge in [0.1, 0.15) is 45.7 Å². The molecule has 3 aromatic rings. The van der Waals surface area contributed by atoms with Gasteiger partial charge in [-0.15, -0.1) is 0 Å². The van der Waals surface area contributed by atoms with E-state index < -0.39 is 23.6 Å². The summed E-state index contributed by atoms with van der Waals surface area (Å²) in [5.74, 6) is -0.614. The van der Waals surface area contributed by atoms with Crippen LogP contribution in [0.15, 0.2) is 30.5 Å². The number of carbonyl (C=O) groups excluding carboxylic acids is 2. The van der Waals surface area contributed by atoms with Crippen LogP contribution in [0.4, 0.5) is 9.18 Å². The van der Waals surface area contributed by atoms with Crippen molar-refractivity contribution in [2.75, 3.05) is 33.4 Å². The van der Waals surface area contributed by atoms with Crippen molar-refractivity contribution in [3.8, 4) is 34.1 Å². The lowest BCUT2D eigenvalue weighted by molar-refractivity contribution is 0.000956. The van der Waals surface area contributed by atoms with Crippen molar-refractivity contribution in [1.29, 1.82) is 0 Å². The number of methoxy groups -OCH3 is 1. The van der Waals surface area contributed by atoms with Gasteiger partial charge >= 0.3 is 6.09 Å². The van der Waals surface area contributed by atoms with E-state index in [0.717, 1.165) is 0 Å². The van der Waals surface area contributed by atoms with Crippen LogP contribution in [0.2, 0.25) is 5.02 Å². The summed E-state index contributed by atoms with van der Waals surface area (Å²) in [6, 6.07) is 5.63. The summed E-state index contributed by atoms with van der Waals surface area (Å²) >= 11 is 6.90. The number of benzene rings is 1. The molecule has 4 heterocycles. The van der Waals surface area contributed by atoms with E-state index in [1.807, 2.05) is 13.8 Å². The molecule has 0 radical (unpaired) electrons. The minimum absolute atomic E-state index is 0.0139. The number of fused-ring (bicyclic) bond motifs is 2. The number of hydrogen-bond acceptors (Lipinski definition) is 7. The molecule has 2 aliphatic heterocycles. The molecule has 1 fully saturated rings. The van der Waals surface area contributed by atoms with Gasteiger partial charge < -0.3 is 24.0 Å². The predicted octanol–water partition coefficient (Wildman–Crippen LogP) is 5.45. The average Bonchev–Trinajstić information content (AvgIpc) is 3.36. The standard InChI is InChI=1S/C29H33ClFN5O5/c1-16(2)36-19(10-11-32-36)24-22-26(23(30)25(33-24)21-18(31)8-7-9-20(21)39-6)40-15-17-14-34(12-13-35(17)27(22)37)28(38)41-29(3,4)5/h7-11,16-17H,12-15H2,1-6H3/t17-/m1/s1. The minimum Gasteiger partial charge on any atom is -0.496 e. The van der Waals surface area contributed by atoms with Crippen LogP contribution in [0, 0.1) is 5.82 Å². The first-order chi connectivity index (χ1) is 19.4. The van der Waals surface area contributed by atoms with Crippen LogP contribution < -0.4 is 9.47 Å². The van der Waals surface area contributed by atoms with Crippen molar-refractivity contribution in [2.45, 2.75) is 52.3 Å². The Balaban J connectivity index is 1.65. The fourth-order valence-corrected chi connectivity index (χ4v) is 5.41. The summed E-state index contributed by atoms with van der Waals surface area (Å²) < 4.78 is 34.3. The molecule has 12 heteroatoms. The van der Waals surface area contributed by atoms with Crippen LogP contribution in [0.1, 0.15) is 51.0 Å². The number of pyridine rings is 1. The molecule has 41 heavy (non-hydrogen) atoms. The smallest absolute Gasteiger partial charge is 0.410 e. The van der Waals surface area contributed by atoms with Crippen molar-refractivity contribution >= 4 is 23.6 Å². The highest BCUT2D eigenvalue weighted by atomic mass is 35.5. The van der Waals surface area contributed by atoms with Gasteiger partial charge in [0.15, 0.2) is 5.75 Å². The Kier molecular flexibility index (Phi) is 7.58. The highest BCUT2D eigenvalue weighted by Crippen LogP contribution is 2.46.